The first-order chi connectivity index (χ1) is 11.5. The molecule has 0 fully saturated rings. The largest absolute Gasteiger partial charge is 0.504 e. The molecule has 2 rings (SSSR count). The second-order valence-electron chi connectivity index (χ2n) is 4.74. The molecular weight excluding hydrogens is 310 g/mol. The van der Waals surface area contributed by atoms with Crippen molar-refractivity contribution < 1.29 is 19.8 Å². The van der Waals surface area contributed by atoms with E-state index < -0.39 is 17.4 Å². The number of allylic oxidation sites excluding steroid dienone is 1. The molecule has 2 aromatic rings. The number of para-hydroxylation sites is 1. The molecule has 0 spiro atoms. The fourth-order valence-electron chi connectivity index (χ4n) is 1.74. The van der Waals surface area contributed by atoms with Gasteiger partial charge < -0.3 is 20.8 Å². The number of phenols is 2. The van der Waals surface area contributed by atoms with Crippen LogP contribution in [0.2, 0.25) is 0 Å². The zero-order chi connectivity index (χ0) is 17.5. The van der Waals surface area contributed by atoms with E-state index in [1.54, 1.807) is 30.3 Å². The second kappa shape index (κ2) is 7.59. The molecule has 0 aliphatic carbocycles. The Balaban J connectivity index is 1.91. The van der Waals surface area contributed by atoms with Gasteiger partial charge in [-0.3, -0.25) is 15.0 Å². The number of aromatic hydroxyl groups is 2. The Kier molecular flexibility index (Phi) is 5.30. The Hall–Kier alpha value is -3.61. The van der Waals surface area contributed by atoms with Gasteiger partial charge in [-0.25, -0.2) is 0 Å². The SMILES string of the molecule is N=C(C(=O)/C=C\Nc1ccc(O)c(O)c1)C(=O)Nc1ccccc1. The molecule has 1 amide bonds. The lowest BCUT2D eigenvalue weighted by Crippen LogP contribution is -2.28. The van der Waals surface area contributed by atoms with Gasteiger partial charge in [0.2, 0.25) is 5.78 Å². The maximum atomic E-state index is 11.8. The number of carbonyl (C=O) groups excluding carboxylic acids is 2. The van der Waals surface area contributed by atoms with E-state index in [2.05, 4.69) is 10.6 Å². The number of carbonyl (C=O) groups is 2. The number of amides is 1. The van der Waals surface area contributed by atoms with Crippen molar-refractivity contribution in [3.8, 4) is 11.5 Å². The maximum Gasteiger partial charge on any atom is 0.277 e. The van der Waals surface area contributed by atoms with Gasteiger partial charge in [-0.15, -0.1) is 0 Å². The lowest BCUT2D eigenvalue weighted by atomic mass is 10.2. The van der Waals surface area contributed by atoms with Gasteiger partial charge in [0.1, 0.15) is 0 Å². The predicted molar refractivity (Wildman–Crippen MR) is 90.3 cm³/mol. The first-order valence-corrected chi connectivity index (χ1v) is 6.91. The van der Waals surface area contributed by atoms with E-state index in [0.29, 0.717) is 11.4 Å². The number of rotatable bonds is 6. The van der Waals surface area contributed by atoms with E-state index in [1.807, 2.05) is 0 Å². The van der Waals surface area contributed by atoms with Gasteiger partial charge in [-0.2, -0.15) is 0 Å². The van der Waals surface area contributed by atoms with Gasteiger partial charge in [0.25, 0.3) is 5.91 Å². The highest BCUT2D eigenvalue weighted by Gasteiger charge is 2.15. The summed E-state index contributed by atoms with van der Waals surface area (Å²) in [4.78, 5) is 23.6. The smallest absolute Gasteiger partial charge is 0.277 e. The topological polar surface area (TPSA) is 123 Å². The summed E-state index contributed by atoms with van der Waals surface area (Å²) in [6.45, 7) is 0. The molecule has 0 aromatic heterocycles. The number of phenolic OH excluding ortho intramolecular Hbond substituents is 2. The lowest BCUT2D eigenvalue weighted by molar-refractivity contribution is -0.113. The minimum absolute atomic E-state index is 0.264. The number of hydrogen-bond acceptors (Lipinski definition) is 6. The molecule has 0 heterocycles. The fourth-order valence-corrected chi connectivity index (χ4v) is 1.74. The zero-order valence-corrected chi connectivity index (χ0v) is 12.5. The maximum absolute atomic E-state index is 11.8. The minimum atomic E-state index is -0.807. The Bertz CT molecular complexity index is 801. The van der Waals surface area contributed by atoms with Gasteiger partial charge in [-0.05, 0) is 24.3 Å². The third-order valence-corrected chi connectivity index (χ3v) is 2.97. The number of benzene rings is 2. The van der Waals surface area contributed by atoms with E-state index in [4.69, 9.17) is 5.41 Å². The Morgan fingerprint density at radius 1 is 0.958 bits per heavy atom. The summed E-state index contributed by atoms with van der Waals surface area (Å²) in [5.41, 5.74) is 0.210. The molecule has 0 unspecified atom stereocenters. The van der Waals surface area contributed by atoms with Crippen LogP contribution in [0.25, 0.3) is 0 Å². The van der Waals surface area contributed by atoms with E-state index in [-0.39, 0.29) is 11.5 Å². The summed E-state index contributed by atoms with van der Waals surface area (Å²) < 4.78 is 0. The highest BCUT2D eigenvalue weighted by molar-refractivity contribution is 6.68. The van der Waals surface area contributed by atoms with Crippen LogP contribution in [-0.4, -0.2) is 27.6 Å². The van der Waals surface area contributed by atoms with E-state index >= 15 is 0 Å². The van der Waals surface area contributed by atoms with Crippen LogP contribution in [-0.2, 0) is 9.59 Å². The van der Waals surface area contributed by atoms with Crippen molar-refractivity contribution in [3.63, 3.8) is 0 Å². The van der Waals surface area contributed by atoms with E-state index in [0.717, 1.165) is 6.08 Å². The third-order valence-electron chi connectivity index (χ3n) is 2.97. The lowest BCUT2D eigenvalue weighted by Gasteiger charge is -2.04. The summed E-state index contributed by atoms with van der Waals surface area (Å²) in [5, 5.41) is 31.2. The molecule has 122 valence electrons. The first-order valence-electron chi connectivity index (χ1n) is 6.91. The monoisotopic (exact) mass is 325 g/mol. The Labute approximate surface area is 137 Å². The van der Waals surface area contributed by atoms with Crippen LogP contribution in [0.1, 0.15) is 0 Å². The molecule has 0 aliphatic rings. The molecule has 2 aromatic carbocycles. The van der Waals surface area contributed by atoms with E-state index in [1.165, 1.54) is 24.4 Å². The van der Waals surface area contributed by atoms with Crippen molar-refractivity contribution in [1.29, 1.82) is 5.41 Å². The average Bonchev–Trinajstić information content (AvgIpc) is 2.58. The number of hydrogen-bond donors (Lipinski definition) is 5. The molecule has 5 N–H and O–H groups in total. The van der Waals surface area contributed by atoms with Gasteiger partial charge in [-0.1, -0.05) is 18.2 Å². The number of anilines is 2. The van der Waals surface area contributed by atoms with Crippen molar-refractivity contribution in [2.75, 3.05) is 10.6 Å². The van der Waals surface area contributed by atoms with Crippen molar-refractivity contribution >= 4 is 28.8 Å². The molecule has 0 atom stereocenters. The highest BCUT2D eigenvalue weighted by atomic mass is 16.3. The van der Waals surface area contributed by atoms with Crippen LogP contribution in [0.15, 0.2) is 60.8 Å². The quantitative estimate of drug-likeness (QED) is 0.183. The number of ketones is 1. The van der Waals surface area contributed by atoms with Gasteiger partial charge in [0.05, 0.1) is 0 Å². The highest BCUT2D eigenvalue weighted by Crippen LogP contribution is 2.27. The molecule has 0 radical (unpaired) electrons. The summed E-state index contributed by atoms with van der Waals surface area (Å²) in [7, 11) is 0. The van der Waals surface area contributed by atoms with Crippen molar-refractivity contribution in [1.82, 2.24) is 0 Å². The normalized spacial score (nSPS) is 10.3. The molecule has 7 heteroatoms. The van der Waals surface area contributed by atoms with Gasteiger partial charge in [0, 0.05) is 29.7 Å². The molecular formula is C17H15N3O4. The minimum Gasteiger partial charge on any atom is -0.504 e. The summed E-state index contributed by atoms with van der Waals surface area (Å²) in [5.74, 6) is -2.16. The van der Waals surface area contributed by atoms with Crippen LogP contribution >= 0.6 is 0 Å². The molecule has 7 nitrogen and oxygen atoms in total. The average molecular weight is 325 g/mol. The first kappa shape index (κ1) is 16.8. The third kappa shape index (κ3) is 4.44. The summed E-state index contributed by atoms with van der Waals surface area (Å²) >= 11 is 0. The van der Waals surface area contributed by atoms with E-state index in [9.17, 15) is 19.8 Å². The van der Waals surface area contributed by atoms with Crippen LogP contribution in [0.4, 0.5) is 11.4 Å². The zero-order valence-electron chi connectivity index (χ0n) is 12.5. The van der Waals surface area contributed by atoms with Crippen LogP contribution in [0, 0.1) is 5.41 Å². The van der Waals surface area contributed by atoms with Gasteiger partial charge in [0.15, 0.2) is 17.2 Å². The predicted octanol–water partition coefficient (Wildman–Crippen LogP) is 2.25. The van der Waals surface area contributed by atoms with Crippen molar-refractivity contribution in [2.24, 2.45) is 0 Å². The van der Waals surface area contributed by atoms with Crippen LogP contribution in [0.3, 0.4) is 0 Å². The molecule has 0 saturated heterocycles. The summed E-state index contributed by atoms with van der Waals surface area (Å²) in [6, 6.07) is 12.5. The van der Waals surface area contributed by atoms with Crippen molar-refractivity contribution in [3.05, 3.63) is 60.8 Å². The molecule has 0 bridgehead atoms. The van der Waals surface area contributed by atoms with Crippen LogP contribution in [0.5, 0.6) is 11.5 Å². The fraction of sp³-hybridized carbons (Fsp3) is 0. The molecule has 0 saturated carbocycles. The molecule has 0 aliphatic heterocycles. The Morgan fingerprint density at radius 3 is 2.33 bits per heavy atom. The second-order valence-corrected chi connectivity index (χ2v) is 4.74. The summed E-state index contributed by atoms with van der Waals surface area (Å²) in [6.07, 6.45) is 2.26. The van der Waals surface area contributed by atoms with Gasteiger partial charge >= 0.3 is 0 Å². The number of nitrogens with one attached hydrogen (secondary N) is 3. The van der Waals surface area contributed by atoms with Crippen LogP contribution < -0.4 is 10.6 Å². The standard InChI is InChI=1S/C17H15N3O4/c18-16(17(24)20-11-4-2-1-3-5-11)14(22)8-9-19-12-6-7-13(21)15(23)10-12/h1-10,18-19,21,23H,(H,20,24)/b9-8-,18-16?. The molecule has 24 heavy (non-hydrogen) atoms. The van der Waals surface area contributed by atoms with Crippen molar-refractivity contribution in [2.45, 2.75) is 0 Å². The Morgan fingerprint density at radius 2 is 1.67 bits per heavy atom.